The third kappa shape index (κ3) is 3.49. The van der Waals surface area contributed by atoms with Crippen LogP contribution in [-0.2, 0) is 21.3 Å². The molecule has 1 aromatic heterocycles. The lowest BCUT2D eigenvalue weighted by Gasteiger charge is -2.19. The first kappa shape index (κ1) is 15.0. The summed E-state index contributed by atoms with van der Waals surface area (Å²) in [4.78, 5) is 3.95. The number of aromatic nitrogens is 1. The molecule has 102 valence electrons. The van der Waals surface area contributed by atoms with E-state index in [0.29, 0.717) is 26.2 Å². The molecule has 0 bridgehead atoms. The molecule has 1 aromatic rings. The zero-order valence-corrected chi connectivity index (χ0v) is 11.5. The van der Waals surface area contributed by atoms with Crippen LogP contribution in [0.15, 0.2) is 23.4 Å². The third-order valence-corrected chi connectivity index (χ3v) is 4.43. The minimum Gasteiger partial charge on any atom is -0.383 e. The Hall–Kier alpha value is -1.02. The molecular formula is C11H19N3O3S. The second-order valence-electron chi connectivity index (χ2n) is 3.70. The Morgan fingerprint density at radius 2 is 2.17 bits per heavy atom. The first-order valence-electron chi connectivity index (χ1n) is 5.70. The van der Waals surface area contributed by atoms with Gasteiger partial charge in [-0.1, -0.05) is 13.0 Å². The molecule has 0 saturated carbocycles. The van der Waals surface area contributed by atoms with E-state index in [9.17, 15) is 8.42 Å². The van der Waals surface area contributed by atoms with Crippen LogP contribution in [0.25, 0.3) is 0 Å². The number of methoxy groups -OCH3 is 1. The van der Waals surface area contributed by atoms with Crippen LogP contribution >= 0.6 is 0 Å². The van der Waals surface area contributed by atoms with Gasteiger partial charge in [-0.2, -0.15) is 4.31 Å². The van der Waals surface area contributed by atoms with Gasteiger partial charge in [0.2, 0.25) is 0 Å². The summed E-state index contributed by atoms with van der Waals surface area (Å²) in [5, 5.41) is 0.0395. The van der Waals surface area contributed by atoms with Crippen molar-refractivity contribution in [1.82, 2.24) is 9.29 Å². The van der Waals surface area contributed by atoms with E-state index in [1.807, 2.05) is 0 Å². The van der Waals surface area contributed by atoms with E-state index in [-0.39, 0.29) is 5.03 Å². The standard InChI is InChI=1S/C11H19N3O3S/c1-3-14(6-7-17-2)18(15,16)11-5-4-10(8-12)9-13-11/h4-5,9H,3,6-8,12H2,1-2H3. The molecular weight excluding hydrogens is 254 g/mol. The van der Waals surface area contributed by atoms with Gasteiger partial charge in [-0.05, 0) is 11.6 Å². The molecule has 0 amide bonds. The first-order valence-corrected chi connectivity index (χ1v) is 7.14. The summed E-state index contributed by atoms with van der Waals surface area (Å²) in [5.41, 5.74) is 6.24. The Kier molecular flexibility index (Phi) is 5.67. The van der Waals surface area contributed by atoms with Gasteiger partial charge in [0.15, 0.2) is 5.03 Å². The zero-order valence-electron chi connectivity index (χ0n) is 10.7. The zero-order chi connectivity index (χ0) is 13.6. The fourth-order valence-electron chi connectivity index (χ4n) is 1.46. The maximum Gasteiger partial charge on any atom is 0.260 e. The minimum absolute atomic E-state index is 0.0395. The predicted molar refractivity (Wildman–Crippen MR) is 68.4 cm³/mol. The SMILES string of the molecule is CCN(CCOC)S(=O)(=O)c1ccc(CN)cn1. The normalized spacial score (nSPS) is 12.0. The number of pyridine rings is 1. The highest BCUT2D eigenvalue weighted by atomic mass is 32.2. The molecule has 6 nitrogen and oxygen atoms in total. The van der Waals surface area contributed by atoms with Gasteiger partial charge < -0.3 is 10.5 Å². The number of nitrogens with two attached hydrogens (primary N) is 1. The van der Waals surface area contributed by atoms with E-state index in [2.05, 4.69) is 4.98 Å². The van der Waals surface area contributed by atoms with Gasteiger partial charge in [-0.3, -0.25) is 0 Å². The molecule has 0 aliphatic heterocycles. The van der Waals surface area contributed by atoms with Crippen LogP contribution < -0.4 is 5.73 Å². The molecule has 2 N–H and O–H groups in total. The highest BCUT2D eigenvalue weighted by Crippen LogP contribution is 2.13. The summed E-state index contributed by atoms with van der Waals surface area (Å²) in [7, 11) is -2.01. The van der Waals surface area contributed by atoms with E-state index in [0.717, 1.165) is 5.56 Å². The number of nitrogens with zero attached hydrogens (tertiary/aromatic N) is 2. The van der Waals surface area contributed by atoms with E-state index in [1.165, 1.54) is 23.7 Å². The molecule has 0 aliphatic rings. The summed E-state index contributed by atoms with van der Waals surface area (Å²) in [6.07, 6.45) is 1.48. The summed E-state index contributed by atoms with van der Waals surface area (Å²) >= 11 is 0. The highest BCUT2D eigenvalue weighted by Gasteiger charge is 2.23. The summed E-state index contributed by atoms with van der Waals surface area (Å²) in [6.45, 7) is 3.17. The van der Waals surface area contributed by atoms with E-state index < -0.39 is 10.0 Å². The number of likely N-dealkylation sites (N-methyl/N-ethyl adjacent to an activating group) is 1. The number of hydrogen-bond acceptors (Lipinski definition) is 5. The predicted octanol–water partition coefficient (Wildman–Crippen LogP) is 0.197. The van der Waals surface area contributed by atoms with Crippen LogP contribution in [0.4, 0.5) is 0 Å². The molecule has 0 atom stereocenters. The van der Waals surface area contributed by atoms with Crippen LogP contribution in [0.1, 0.15) is 12.5 Å². The molecule has 1 heterocycles. The van der Waals surface area contributed by atoms with E-state index in [1.54, 1.807) is 13.0 Å². The van der Waals surface area contributed by atoms with Crippen molar-refractivity contribution in [3.8, 4) is 0 Å². The summed E-state index contributed by atoms with van der Waals surface area (Å²) in [5.74, 6) is 0. The smallest absolute Gasteiger partial charge is 0.260 e. The fraction of sp³-hybridized carbons (Fsp3) is 0.545. The van der Waals surface area contributed by atoms with Crippen LogP contribution in [0, 0.1) is 0 Å². The third-order valence-electron chi connectivity index (χ3n) is 2.54. The Bertz CT molecular complexity index is 459. The molecule has 0 spiro atoms. The van der Waals surface area contributed by atoms with Crippen molar-refractivity contribution in [2.45, 2.75) is 18.5 Å². The van der Waals surface area contributed by atoms with Crippen molar-refractivity contribution < 1.29 is 13.2 Å². The van der Waals surface area contributed by atoms with Crippen molar-refractivity contribution >= 4 is 10.0 Å². The minimum atomic E-state index is -3.55. The average Bonchev–Trinajstić information content (AvgIpc) is 2.39. The lowest BCUT2D eigenvalue weighted by Crippen LogP contribution is -2.34. The van der Waals surface area contributed by atoms with Crippen LogP contribution in [0.3, 0.4) is 0 Å². The molecule has 7 heteroatoms. The molecule has 0 saturated heterocycles. The van der Waals surface area contributed by atoms with Gasteiger partial charge >= 0.3 is 0 Å². The maximum atomic E-state index is 12.2. The monoisotopic (exact) mass is 273 g/mol. The molecule has 1 rings (SSSR count). The van der Waals surface area contributed by atoms with Crippen molar-refractivity contribution in [1.29, 1.82) is 0 Å². The Balaban J connectivity index is 2.95. The Morgan fingerprint density at radius 1 is 1.44 bits per heavy atom. The van der Waals surface area contributed by atoms with Crippen molar-refractivity contribution in [2.24, 2.45) is 5.73 Å². The van der Waals surface area contributed by atoms with Crippen molar-refractivity contribution in [3.63, 3.8) is 0 Å². The lowest BCUT2D eigenvalue weighted by atomic mass is 10.3. The summed E-state index contributed by atoms with van der Waals surface area (Å²) in [6, 6.07) is 3.15. The first-order chi connectivity index (χ1) is 8.56. The van der Waals surface area contributed by atoms with Crippen molar-refractivity contribution in [3.05, 3.63) is 23.9 Å². The number of rotatable bonds is 7. The summed E-state index contributed by atoms with van der Waals surface area (Å²) < 4.78 is 30.7. The van der Waals surface area contributed by atoms with Gasteiger partial charge in [-0.15, -0.1) is 0 Å². The quantitative estimate of drug-likeness (QED) is 0.767. The largest absolute Gasteiger partial charge is 0.383 e. The molecule has 0 aromatic carbocycles. The number of hydrogen-bond donors (Lipinski definition) is 1. The van der Waals surface area contributed by atoms with Crippen molar-refractivity contribution in [2.75, 3.05) is 26.8 Å². The van der Waals surface area contributed by atoms with Gasteiger partial charge in [0, 0.05) is 32.9 Å². The van der Waals surface area contributed by atoms with Crippen LogP contribution in [-0.4, -0.2) is 44.5 Å². The highest BCUT2D eigenvalue weighted by molar-refractivity contribution is 7.89. The van der Waals surface area contributed by atoms with Crippen LogP contribution in [0.2, 0.25) is 0 Å². The van der Waals surface area contributed by atoms with Gasteiger partial charge in [0.25, 0.3) is 10.0 Å². The maximum absolute atomic E-state index is 12.2. The second-order valence-corrected chi connectivity index (χ2v) is 5.58. The number of ether oxygens (including phenoxy) is 1. The number of sulfonamides is 1. The van der Waals surface area contributed by atoms with Gasteiger partial charge in [0.05, 0.1) is 6.61 Å². The van der Waals surface area contributed by atoms with Crippen LogP contribution in [0.5, 0.6) is 0 Å². The average molecular weight is 273 g/mol. The molecule has 0 fully saturated rings. The van der Waals surface area contributed by atoms with E-state index >= 15 is 0 Å². The molecule has 0 radical (unpaired) electrons. The fourth-order valence-corrected chi connectivity index (χ4v) is 2.80. The Morgan fingerprint density at radius 3 is 2.61 bits per heavy atom. The lowest BCUT2D eigenvalue weighted by molar-refractivity contribution is 0.180. The van der Waals surface area contributed by atoms with Gasteiger partial charge in [0.1, 0.15) is 0 Å². The molecule has 18 heavy (non-hydrogen) atoms. The van der Waals surface area contributed by atoms with Gasteiger partial charge in [-0.25, -0.2) is 13.4 Å². The molecule has 0 unspecified atom stereocenters. The Labute approximate surface area is 108 Å². The topological polar surface area (TPSA) is 85.5 Å². The molecule has 0 aliphatic carbocycles. The van der Waals surface area contributed by atoms with E-state index in [4.69, 9.17) is 10.5 Å². The second kappa shape index (κ2) is 6.79.